The molecule has 0 spiro atoms. The third-order valence-corrected chi connectivity index (χ3v) is 4.03. The third kappa shape index (κ3) is 5.84. The van der Waals surface area contributed by atoms with E-state index >= 15 is 0 Å². The van der Waals surface area contributed by atoms with Crippen LogP contribution in [-0.2, 0) is 26.0 Å². The molecule has 0 N–H and O–H groups in total. The Bertz CT molecular complexity index is 1120. The van der Waals surface area contributed by atoms with E-state index in [-0.39, 0.29) is 25.8 Å². The minimum Gasteiger partial charge on any atom is -0.415 e. The summed E-state index contributed by atoms with van der Waals surface area (Å²) in [6.07, 6.45) is -3.44. The molecule has 0 amide bonds. The van der Waals surface area contributed by atoms with Gasteiger partial charge in [-0.1, -0.05) is 18.2 Å². The molecule has 181 valence electrons. The van der Waals surface area contributed by atoms with Gasteiger partial charge in [0.25, 0.3) is 0 Å². The van der Waals surface area contributed by atoms with Gasteiger partial charge in [-0.2, -0.15) is 30.7 Å². The average molecular weight is 660 g/mol. The van der Waals surface area contributed by atoms with E-state index in [9.17, 15) is 30.7 Å². The maximum atomic E-state index is 13.3. The summed E-state index contributed by atoms with van der Waals surface area (Å²) >= 11 is 0. The van der Waals surface area contributed by atoms with Gasteiger partial charge in [-0.15, -0.1) is 35.9 Å². The molecule has 0 aliphatic rings. The quantitative estimate of drug-likeness (QED) is 0.219. The number of hydrogen-bond acceptors (Lipinski definition) is 4. The second-order valence-corrected chi connectivity index (χ2v) is 6.31. The van der Waals surface area contributed by atoms with E-state index in [4.69, 9.17) is 0 Å². The molecule has 0 aliphatic carbocycles. The molecule has 1 radical (unpaired) electrons. The van der Waals surface area contributed by atoms with Crippen LogP contribution >= 0.6 is 0 Å². The van der Waals surface area contributed by atoms with E-state index < -0.39 is 29.7 Å². The Kier molecular flexibility index (Phi) is 8.62. The molecule has 0 atom stereocenters. The van der Waals surface area contributed by atoms with Crippen LogP contribution in [0.4, 0.5) is 30.7 Å². The Morgan fingerprint density at radius 2 is 1.32 bits per heavy atom. The summed E-state index contributed by atoms with van der Waals surface area (Å²) in [4.78, 5) is 10.8. The fourth-order valence-electron chi connectivity index (χ4n) is 2.37. The molecule has 0 fully saturated rings. The molecule has 1 aromatic carbocycles. The van der Waals surface area contributed by atoms with E-state index in [1.54, 1.807) is 6.20 Å². The zero-order valence-electron chi connectivity index (χ0n) is 16.6. The van der Waals surface area contributed by atoms with Gasteiger partial charge in [-0.3, -0.25) is 10.1 Å². The molecule has 34 heavy (non-hydrogen) atoms. The number of hydrogen-bond donors (Lipinski definition) is 0. The fourth-order valence-corrected chi connectivity index (χ4v) is 2.37. The predicted octanol–water partition coefficient (Wildman–Crippen LogP) is 5.33. The molecule has 4 rings (SSSR count). The summed E-state index contributed by atoms with van der Waals surface area (Å²) in [6.45, 7) is 0. The molecule has 3 heterocycles. The predicted molar refractivity (Wildman–Crippen MR) is 102 cm³/mol. The van der Waals surface area contributed by atoms with Crippen molar-refractivity contribution in [3.63, 3.8) is 0 Å². The molecule has 4 aromatic rings. The van der Waals surface area contributed by atoms with Crippen molar-refractivity contribution in [2.24, 2.45) is 0 Å². The van der Waals surface area contributed by atoms with Crippen molar-refractivity contribution in [1.29, 1.82) is 0 Å². The molecule has 0 saturated heterocycles. The van der Waals surface area contributed by atoms with Gasteiger partial charge in [-0.05, 0) is 29.7 Å². The second kappa shape index (κ2) is 10.8. The van der Waals surface area contributed by atoms with Gasteiger partial charge in [0.15, 0.2) is 0 Å². The normalized spacial score (nSPS) is 11.7. The van der Waals surface area contributed by atoms with E-state index in [0.29, 0.717) is 0 Å². The molecule has 0 bridgehead atoms. The maximum absolute atomic E-state index is 13.3. The number of rotatable bonds is 4. The van der Waals surface area contributed by atoms with Gasteiger partial charge < -0.3 is 15.1 Å². The topological polar surface area (TPSA) is 65.7 Å². The van der Waals surface area contributed by atoms with Crippen LogP contribution in [-0.4, -0.2) is 32.1 Å². The van der Waals surface area contributed by atoms with Gasteiger partial charge in [-0.25, -0.2) is 0 Å². The summed E-state index contributed by atoms with van der Waals surface area (Å²) in [5.74, 6) is -14.6. The summed E-state index contributed by atoms with van der Waals surface area (Å²) in [5, 5.41) is 5.66. The largest absolute Gasteiger partial charge is 0.460 e. The van der Waals surface area contributed by atoms with Gasteiger partial charge in [0.1, 0.15) is 5.82 Å². The van der Waals surface area contributed by atoms with Crippen LogP contribution in [0.5, 0.6) is 0 Å². The maximum Gasteiger partial charge on any atom is 0.460 e. The molecule has 5 nitrogen and oxygen atoms in total. The van der Waals surface area contributed by atoms with Crippen molar-refractivity contribution in [3.8, 4) is 22.8 Å². The van der Waals surface area contributed by atoms with Crippen LogP contribution in [0.3, 0.4) is 0 Å². The van der Waals surface area contributed by atoms with Crippen LogP contribution in [0, 0.1) is 6.07 Å². The summed E-state index contributed by atoms with van der Waals surface area (Å²) < 4.78 is 88.3. The Hall–Kier alpha value is -3.18. The summed E-state index contributed by atoms with van der Waals surface area (Å²) in [5.41, 5.74) is 1.92. The van der Waals surface area contributed by atoms with Crippen molar-refractivity contribution >= 4 is 0 Å². The zero-order chi connectivity index (χ0) is 24.1. The van der Waals surface area contributed by atoms with E-state index in [0.717, 1.165) is 11.3 Å². The van der Waals surface area contributed by atoms with E-state index in [1.807, 2.05) is 42.5 Å². The van der Waals surface area contributed by atoms with Crippen LogP contribution in [0.2, 0.25) is 0 Å². The smallest absolute Gasteiger partial charge is 0.415 e. The number of aromatic nitrogens is 5. The molecule has 0 unspecified atom stereocenters. The first-order valence-electron chi connectivity index (χ1n) is 9.04. The van der Waals surface area contributed by atoms with Crippen molar-refractivity contribution in [3.05, 3.63) is 84.9 Å². The van der Waals surface area contributed by atoms with Crippen molar-refractivity contribution in [2.45, 2.75) is 18.0 Å². The summed E-state index contributed by atoms with van der Waals surface area (Å²) in [6, 6.07) is 21.0. The van der Waals surface area contributed by atoms with Crippen molar-refractivity contribution < 1.29 is 50.8 Å². The van der Waals surface area contributed by atoms with Crippen LogP contribution in [0.1, 0.15) is 5.82 Å². The molecular weight excluding hydrogens is 647 g/mol. The Labute approximate surface area is 201 Å². The van der Waals surface area contributed by atoms with Gasteiger partial charge in [0.2, 0.25) is 0 Å². The first-order chi connectivity index (χ1) is 15.5. The van der Waals surface area contributed by atoms with Crippen molar-refractivity contribution in [2.75, 3.05) is 0 Å². The van der Waals surface area contributed by atoms with Crippen molar-refractivity contribution in [1.82, 2.24) is 25.1 Å². The first-order valence-corrected chi connectivity index (χ1v) is 9.04. The average Bonchev–Trinajstić information content (AvgIpc) is 3.32. The third-order valence-electron chi connectivity index (χ3n) is 4.03. The SMILES string of the molecule is FC(F)(F)C(F)(F)C(F)(F)c1n[n-]c(-c2ccccn2)n1.[Ir].[c-]1ccccc1-c1ccccn1. The molecule has 3 aromatic heterocycles. The van der Waals surface area contributed by atoms with E-state index in [2.05, 4.69) is 31.2 Å². The minimum absolute atomic E-state index is 0. The molecule has 0 aliphatic heterocycles. The Morgan fingerprint density at radius 3 is 1.82 bits per heavy atom. The Balaban J connectivity index is 0.000000266. The Morgan fingerprint density at radius 1 is 0.735 bits per heavy atom. The van der Waals surface area contributed by atoms with E-state index in [1.165, 1.54) is 24.4 Å². The molecular formula is C21H12F7IrN5-2. The van der Waals surface area contributed by atoms with Gasteiger partial charge in [0, 0.05) is 32.5 Å². The van der Waals surface area contributed by atoms with Gasteiger partial charge >= 0.3 is 18.0 Å². The fraction of sp³-hybridized carbons (Fsp3) is 0.143. The monoisotopic (exact) mass is 660 g/mol. The van der Waals surface area contributed by atoms with Crippen LogP contribution in [0.15, 0.2) is 73.1 Å². The zero-order valence-corrected chi connectivity index (χ0v) is 19.0. The summed E-state index contributed by atoms with van der Waals surface area (Å²) in [7, 11) is 0. The number of benzene rings is 1. The number of halogens is 7. The second-order valence-electron chi connectivity index (χ2n) is 6.31. The number of pyridine rings is 2. The van der Waals surface area contributed by atoms with Gasteiger partial charge in [0.05, 0.1) is 5.69 Å². The minimum atomic E-state index is -6.46. The molecule has 13 heteroatoms. The van der Waals surface area contributed by atoms with Crippen LogP contribution < -0.4 is 5.10 Å². The first kappa shape index (κ1) is 27.1. The molecule has 0 saturated carbocycles. The standard InChI is InChI=1S/C11H8N.C10H4F7N4.Ir/c1-2-6-10(7-3-1)11-8-4-5-9-12-11;11-8(12,9(13,14)10(15,16)17)7-19-6(20-21-7)5-3-1-2-4-18-5;/h1-6,8-9H;1-4H;/q2*-1;. The number of nitrogens with zero attached hydrogens (tertiary/aromatic N) is 5. The number of alkyl halides is 7. The van der Waals surface area contributed by atoms with Crippen LogP contribution in [0.25, 0.3) is 22.8 Å².